The van der Waals surface area contributed by atoms with Crippen LogP contribution in [0.15, 0.2) is 54.6 Å². The van der Waals surface area contributed by atoms with Crippen LogP contribution >= 0.6 is 0 Å². The molecule has 0 aliphatic carbocycles. The molecule has 0 fully saturated rings. The second-order valence-electron chi connectivity index (χ2n) is 5.11. The molecular weight excluding hydrogens is 270 g/mol. The van der Waals surface area contributed by atoms with E-state index in [1.807, 2.05) is 0 Å². The maximum atomic E-state index is 14.0. The third-order valence-electron chi connectivity index (χ3n) is 3.65. The zero-order chi connectivity index (χ0) is 15.0. The molecular formula is C18H14F2O. The summed E-state index contributed by atoms with van der Waals surface area (Å²) in [6, 6.07) is 14.4. The first-order valence-electron chi connectivity index (χ1n) is 6.69. The minimum absolute atomic E-state index is 0.192. The van der Waals surface area contributed by atoms with Gasteiger partial charge in [0.05, 0.1) is 0 Å². The van der Waals surface area contributed by atoms with E-state index in [2.05, 4.69) is 0 Å². The summed E-state index contributed by atoms with van der Waals surface area (Å²) in [4.78, 5) is 0. The van der Waals surface area contributed by atoms with Gasteiger partial charge in [0.15, 0.2) is 0 Å². The van der Waals surface area contributed by atoms with Crippen LogP contribution in [-0.2, 0) is 0 Å². The number of benzene rings is 3. The van der Waals surface area contributed by atoms with Crippen molar-refractivity contribution in [1.29, 1.82) is 0 Å². The van der Waals surface area contributed by atoms with Crippen molar-refractivity contribution in [2.24, 2.45) is 0 Å². The van der Waals surface area contributed by atoms with Gasteiger partial charge in [0.1, 0.15) is 17.7 Å². The van der Waals surface area contributed by atoms with Gasteiger partial charge in [-0.05, 0) is 35.6 Å². The molecule has 3 aromatic carbocycles. The number of halogens is 2. The van der Waals surface area contributed by atoms with E-state index in [-0.39, 0.29) is 11.4 Å². The third kappa shape index (κ3) is 2.41. The highest BCUT2D eigenvalue weighted by Gasteiger charge is 2.18. The Morgan fingerprint density at radius 3 is 2.19 bits per heavy atom. The maximum absolute atomic E-state index is 14.0. The molecule has 21 heavy (non-hydrogen) atoms. The van der Waals surface area contributed by atoms with E-state index in [9.17, 15) is 13.9 Å². The lowest BCUT2D eigenvalue weighted by molar-refractivity contribution is 0.216. The first-order chi connectivity index (χ1) is 10.1. The van der Waals surface area contributed by atoms with Crippen molar-refractivity contribution in [3.8, 4) is 0 Å². The molecule has 3 rings (SSSR count). The zero-order valence-electron chi connectivity index (χ0n) is 11.5. The van der Waals surface area contributed by atoms with Crippen molar-refractivity contribution >= 4 is 10.8 Å². The van der Waals surface area contributed by atoms with Gasteiger partial charge in [-0.25, -0.2) is 8.78 Å². The van der Waals surface area contributed by atoms with E-state index in [1.165, 1.54) is 18.2 Å². The van der Waals surface area contributed by atoms with Crippen LogP contribution in [0.4, 0.5) is 8.78 Å². The van der Waals surface area contributed by atoms with E-state index in [0.717, 1.165) is 5.56 Å². The largest absolute Gasteiger partial charge is 0.384 e. The van der Waals surface area contributed by atoms with Gasteiger partial charge in [-0.2, -0.15) is 0 Å². The topological polar surface area (TPSA) is 20.2 Å². The number of rotatable bonds is 2. The fourth-order valence-electron chi connectivity index (χ4n) is 2.55. The summed E-state index contributed by atoms with van der Waals surface area (Å²) in [7, 11) is 0. The summed E-state index contributed by atoms with van der Waals surface area (Å²) >= 11 is 0. The Bertz CT molecular complexity index is 811. The fraction of sp³-hybridized carbons (Fsp3) is 0.111. The molecule has 0 amide bonds. The number of hydrogen-bond acceptors (Lipinski definition) is 1. The van der Waals surface area contributed by atoms with Gasteiger partial charge in [-0.3, -0.25) is 0 Å². The molecule has 106 valence electrons. The predicted octanol–water partition coefficient (Wildman–Crippen LogP) is 4.51. The number of hydrogen-bond donors (Lipinski definition) is 1. The lowest BCUT2D eigenvalue weighted by atomic mass is 9.95. The van der Waals surface area contributed by atoms with Gasteiger partial charge >= 0.3 is 0 Å². The highest BCUT2D eigenvalue weighted by molar-refractivity contribution is 5.87. The first-order valence-corrected chi connectivity index (χ1v) is 6.69. The van der Waals surface area contributed by atoms with Crippen molar-refractivity contribution in [3.05, 3.63) is 82.9 Å². The molecule has 0 saturated carbocycles. The minimum Gasteiger partial charge on any atom is -0.384 e. The van der Waals surface area contributed by atoms with Crippen LogP contribution in [0.1, 0.15) is 22.8 Å². The van der Waals surface area contributed by atoms with Gasteiger partial charge in [-0.1, -0.05) is 42.5 Å². The Labute approximate surface area is 121 Å². The summed E-state index contributed by atoms with van der Waals surface area (Å²) < 4.78 is 27.8. The number of aliphatic hydroxyl groups excluding tert-OH is 1. The second-order valence-corrected chi connectivity index (χ2v) is 5.11. The molecule has 1 N–H and O–H groups in total. The smallest absolute Gasteiger partial charge is 0.131 e. The summed E-state index contributed by atoms with van der Waals surface area (Å²) in [5.74, 6) is -0.818. The standard InChI is InChI=1S/C18H14F2O/c1-11-6-7-15(17(20)10-11)18(21)14-8-9-16(19)13-5-3-2-4-12(13)14/h2-10,18,21H,1H3. The molecule has 0 spiro atoms. The third-order valence-corrected chi connectivity index (χ3v) is 3.65. The van der Waals surface area contributed by atoms with Gasteiger partial charge in [0.2, 0.25) is 0 Å². The average Bonchev–Trinajstić information content (AvgIpc) is 2.47. The van der Waals surface area contributed by atoms with Crippen LogP contribution in [0, 0.1) is 18.6 Å². The molecule has 3 heteroatoms. The summed E-state index contributed by atoms with van der Waals surface area (Å²) in [6.45, 7) is 1.78. The number of aliphatic hydroxyl groups is 1. The predicted molar refractivity (Wildman–Crippen MR) is 79.1 cm³/mol. The molecule has 1 nitrogen and oxygen atoms in total. The van der Waals surface area contributed by atoms with Crippen molar-refractivity contribution in [2.45, 2.75) is 13.0 Å². The Balaban J connectivity index is 2.18. The minimum atomic E-state index is -1.13. The average molecular weight is 284 g/mol. The fourth-order valence-corrected chi connectivity index (χ4v) is 2.55. The molecule has 1 atom stereocenters. The van der Waals surface area contributed by atoms with Crippen LogP contribution in [0.5, 0.6) is 0 Å². The van der Waals surface area contributed by atoms with Gasteiger partial charge < -0.3 is 5.11 Å². The normalized spacial score (nSPS) is 12.6. The Hall–Kier alpha value is -2.26. The SMILES string of the molecule is Cc1ccc(C(O)c2ccc(F)c3ccccc23)c(F)c1. The Morgan fingerprint density at radius 1 is 0.810 bits per heavy atom. The summed E-state index contributed by atoms with van der Waals surface area (Å²) in [5, 5.41) is 11.5. The quantitative estimate of drug-likeness (QED) is 0.734. The van der Waals surface area contributed by atoms with Gasteiger partial charge in [0, 0.05) is 10.9 Å². The van der Waals surface area contributed by atoms with E-state index >= 15 is 0 Å². The highest BCUT2D eigenvalue weighted by atomic mass is 19.1. The highest BCUT2D eigenvalue weighted by Crippen LogP contribution is 2.31. The van der Waals surface area contributed by atoms with E-state index < -0.39 is 11.9 Å². The van der Waals surface area contributed by atoms with Gasteiger partial charge in [-0.15, -0.1) is 0 Å². The summed E-state index contributed by atoms with van der Waals surface area (Å²) in [6.07, 6.45) is -1.13. The van der Waals surface area contributed by atoms with Gasteiger partial charge in [0.25, 0.3) is 0 Å². The van der Waals surface area contributed by atoms with Crippen LogP contribution in [0.3, 0.4) is 0 Å². The number of fused-ring (bicyclic) bond motifs is 1. The van der Waals surface area contributed by atoms with Crippen molar-refractivity contribution < 1.29 is 13.9 Å². The second kappa shape index (κ2) is 5.26. The number of aryl methyl sites for hydroxylation is 1. The molecule has 0 saturated heterocycles. The molecule has 0 aliphatic rings. The molecule has 0 heterocycles. The summed E-state index contributed by atoms with van der Waals surface area (Å²) in [5.41, 5.74) is 1.47. The lowest BCUT2D eigenvalue weighted by Crippen LogP contribution is -2.04. The van der Waals surface area contributed by atoms with Crippen LogP contribution in [0.2, 0.25) is 0 Å². The van der Waals surface area contributed by atoms with Crippen molar-refractivity contribution in [1.82, 2.24) is 0 Å². The Morgan fingerprint density at radius 2 is 1.48 bits per heavy atom. The van der Waals surface area contributed by atoms with E-state index in [0.29, 0.717) is 16.3 Å². The molecule has 0 aromatic heterocycles. The zero-order valence-corrected chi connectivity index (χ0v) is 11.5. The monoisotopic (exact) mass is 284 g/mol. The molecule has 3 aromatic rings. The van der Waals surface area contributed by atoms with Crippen LogP contribution < -0.4 is 0 Å². The molecule has 1 unspecified atom stereocenters. The molecule has 0 aliphatic heterocycles. The lowest BCUT2D eigenvalue weighted by Gasteiger charge is -2.15. The van der Waals surface area contributed by atoms with Crippen molar-refractivity contribution in [2.75, 3.05) is 0 Å². The van der Waals surface area contributed by atoms with Crippen molar-refractivity contribution in [3.63, 3.8) is 0 Å². The molecule has 0 bridgehead atoms. The van der Waals surface area contributed by atoms with Crippen LogP contribution in [0.25, 0.3) is 10.8 Å². The van der Waals surface area contributed by atoms with Crippen LogP contribution in [-0.4, -0.2) is 5.11 Å². The maximum Gasteiger partial charge on any atom is 0.131 e. The Kier molecular flexibility index (Phi) is 3.43. The first kappa shape index (κ1) is 13.7. The molecule has 0 radical (unpaired) electrons. The van der Waals surface area contributed by atoms with E-state index in [1.54, 1.807) is 43.3 Å². The van der Waals surface area contributed by atoms with E-state index in [4.69, 9.17) is 0 Å².